The van der Waals surface area contributed by atoms with Gasteiger partial charge in [-0.05, 0) is 18.9 Å². The van der Waals surface area contributed by atoms with E-state index < -0.39 is 21.3 Å². The summed E-state index contributed by atoms with van der Waals surface area (Å²) in [5, 5.41) is 10.3. The van der Waals surface area contributed by atoms with Crippen molar-refractivity contribution >= 4 is 9.84 Å². The molecule has 0 bridgehead atoms. The first-order valence-electron chi connectivity index (χ1n) is 6.56. The van der Waals surface area contributed by atoms with Crippen molar-refractivity contribution in [2.24, 2.45) is 0 Å². The first-order valence-corrected chi connectivity index (χ1v) is 8.39. The van der Waals surface area contributed by atoms with Gasteiger partial charge in [0.15, 0.2) is 9.84 Å². The van der Waals surface area contributed by atoms with Crippen molar-refractivity contribution in [1.82, 2.24) is 0 Å². The molecule has 5 heteroatoms. The van der Waals surface area contributed by atoms with E-state index in [1.54, 1.807) is 6.07 Å². The Balaban J connectivity index is 2.09. The van der Waals surface area contributed by atoms with E-state index >= 15 is 0 Å². The van der Waals surface area contributed by atoms with Gasteiger partial charge in [-0.3, -0.25) is 0 Å². The highest BCUT2D eigenvalue weighted by Crippen LogP contribution is 2.30. The van der Waals surface area contributed by atoms with Crippen LogP contribution in [0.5, 0.6) is 0 Å². The van der Waals surface area contributed by atoms with Gasteiger partial charge in [-0.1, -0.05) is 37.5 Å². The van der Waals surface area contributed by atoms with Gasteiger partial charge in [0.25, 0.3) is 0 Å². The number of halogens is 1. The molecule has 0 saturated heterocycles. The Morgan fingerprint density at radius 2 is 1.79 bits per heavy atom. The molecule has 0 atom stereocenters. The normalized spacial score (nSPS) is 19.3. The minimum absolute atomic E-state index is 0.168. The van der Waals surface area contributed by atoms with Crippen molar-refractivity contribution in [3.63, 3.8) is 0 Å². The van der Waals surface area contributed by atoms with Crippen LogP contribution < -0.4 is 0 Å². The van der Waals surface area contributed by atoms with Gasteiger partial charge in [-0.25, -0.2) is 12.8 Å². The van der Waals surface area contributed by atoms with Gasteiger partial charge < -0.3 is 5.11 Å². The summed E-state index contributed by atoms with van der Waals surface area (Å²) in [7, 11) is -3.51. The van der Waals surface area contributed by atoms with Crippen molar-refractivity contribution in [2.45, 2.75) is 43.5 Å². The molecule has 0 spiro atoms. The number of hydrogen-bond donors (Lipinski definition) is 1. The highest BCUT2D eigenvalue weighted by molar-refractivity contribution is 7.90. The zero-order valence-electron chi connectivity index (χ0n) is 10.8. The minimum Gasteiger partial charge on any atom is -0.389 e. The monoisotopic (exact) mass is 286 g/mol. The van der Waals surface area contributed by atoms with Gasteiger partial charge in [-0.2, -0.15) is 0 Å². The maximum absolute atomic E-state index is 13.5. The van der Waals surface area contributed by atoms with Crippen LogP contribution >= 0.6 is 0 Å². The molecule has 19 heavy (non-hydrogen) atoms. The molecule has 0 radical (unpaired) electrons. The number of rotatable bonds is 4. The lowest BCUT2D eigenvalue weighted by Crippen LogP contribution is -2.39. The molecule has 106 valence electrons. The Bertz CT molecular complexity index is 533. The molecule has 3 nitrogen and oxygen atoms in total. The summed E-state index contributed by atoms with van der Waals surface area (Å²) >= 11 is 0. The van der Waals surface area contributed by atoms with Crippen LogP contribution in [-0.4, -0.2) is 24.9 Å². The molecule has 1 N–H and O–H groups in total. The summed E-state index contributed by atoms with van der Waals surface area (Å²) in [4.78, 5) is 0. The highest BCUT2D eigenvalue weighted by Gasteiger charge is 2.34. The Kier molecular flexibility index (Phi) is 4.26. The standard InChI is InChI=1S/C14H19FO3S/c15-13-7-3-2-6-12(13)10-19(17,18)11-14(16)8-4-1-5-9-14/h2-3,6-7,16H,1,4-5,8-11H2. The van der Waals surface area contributed by atoms with Gasteiger partial charge in [-0.15, -0.1) is 0 Å². The maximum atomic E-state index is 13.5. The summed E-state index contributed by atoms with van der Waals surface area (Å²) in [6, 6.07) is 5.86. The molecule has 1 saturated carbocycles. The number of hydrogen-bond acceptors (Lipinski definition) is 3. The van der Waals surface area contributed by atoms with Crippen molar-refractivity contribution in [3.05, 3.63) is 35.6 Å². The van der Waals surface area contributed by atoms with Crippen LogP contribution in [0, 0.1) is 5.82 Å². The summed E-state index contributed by atoms with van der Waals surface area (Å²) in [6.07, 6.45) is 3.78. The Labute approximate surface area is 113 Å². The third-order valence-electron chi connectivity index (χ3n) is 3.61. The van der Waals surface area contributed by atoms with Crippen LogP contribution in [0.2, 0.25) is 0 Å². The zero-order chi connectivity index (χ0) is 13.9. The lowest BCUT2D eigenvalue weighted by Gasteiger charge is -2.31. The van der Waals surface area contributed by atoms with Crippen molar-refractivity contribution in [3.8, 4) is 0 Å². The van der Waals surface area contributed by atoms with E-state index in [1.165, 1.54) is 18.2 Å². The number of aliphatic hydroxyl groups is 1. The predicted octanol–water partition coefficient (Wildman–Crippen LogP) is 2.44. The van der Waals surface area contributed by atoms with Crippen LogP contribution in [-0.2, 0) is 15.6 Å². The average Bonchev–Trinajstić information content (AvgIpc) is 2.31. The third kappa shape index (κ3) is 4.01. The van der Waals surface area contributed by atoms with Crippen molar-refractivity contribution in [1.29, 1.82) is 0 Å². The molecule has 1 aliphatic rings. The van der Waals surface area contributed by atoms with Gasteiger partial charge in [0.1, 0.15) is 5.82 Å². The average molecular weight is 286 g/mol. The van der Waals surface area contributed by atoms with E-state index in [-0.39, 0.29) is 17.1 Å². The fourth-order valence-electron chi connectivity index (χ4n) is 2.67. The van der Waals surface area contributed by atoms with Gasteiger partial charge in [0.2, 0.25) is 0 Å². The number of sulfone groups is 1. The van der Waals surface area contributed by atoms with E-state index in [9.17, 15) is 17.9 Å². The lowest BCUT2D eigenvalue weighted by molar-refractivity contribution is 0.0257. The fraction of sp³-hybridized carbons (Fsp3) is 0.571. The fourth-order valence-corrected chi connectivity index (χ4v) is 4.58. The lowest BCUT2D eigenvalue weighted by atomic mass is 9.86. The van der Waals surface area contributed by atoms with Crippen LogP contribution in [0.1, 0.15) is 37.7 Å². The highest BCUT2D eigenvalue weighted by atomic mass is 32.2. The first kappa shape index (κ1) is 14.5. The van der Waals surface area contributed by atoms with E-state index in [0.29, 0.717) is 12.8 Å². The van der Waals surface area contributed by atoms with Gasteiger partial charge in [0.05, 0.1) is 17.1 Å². The van der Waals surface area contributed by atoms with Crippen LogP contribution in [0.4, 0.5) is 4.39 Å². The summed E-state index contributed by atoms with van der Waals surface area (Å²) in [5.41, 5.74) is -0.954. The van der Waals surface area contributed by atoms with Crippen molar-refractivity contribution in [2.75, 3.05) is 5.75 Å². The van der Waals surface area contributed by atoms with Gasteiger partial charge >= 0.3 is 0 Å². The molecule has 0 aromatic heterocycles. The number of benzene rings is 1. The molecule has 0 amide bonds. The molecule has 1 aromatic carbocycles. The Hall–Kier alpha value is -0.940. The molecule has 0 aliphatic heterocycles. The van der Waals surface area contributed by atoms with E-state index in [2.05, 4.69) is 0 Å². The molecular weight excluding hydrogens is 267 g/mol. The van der Waals surface area contributed by atoms with Crippen LogP contribution in [0.3, 0.4) is 0 Å². The summed E-state index contributed by atoms with van der Waals surface area (Å²) in [6.45, 7) is 0. The Morgan fingerprint density at radius 1 is 1.16 bits per heavy atom. The summed E-state index contributed by atoms with van der Waals surface area (Å²) < 4.78 is 37.7. The molecule has 1 fully saturated rings. The van der Waals surface area contributed by atoms with E-state index in [0.717, 1.165) is 19.3 Å². The zero-order valence-corrected chi connectivity index (χ0v) is 11.6. The second-order valence-corrected chi connectivity index (χ2v) is 7.47. The quantitative estimate of drug-likeness (QED) is 0.925. The topological polar surface area (TPSA) is 54.4 Å². The molecular formula is C14H19FO3S. The van der Waals surface area contributed by atoms with E-state index in [4.69, 9.17) is 0 Å². The minimum atomic E-state index is -3.51. The van der Waals surface area contributed by atoms with Gasteiger partial charge in [0, 0.05) is 5.56 Å². The largest absolute Gasteiger partial charge is 0.389 e. The molecule has 0 unspecified atom stereocenters. The first-order chi connectivity index (χ1) is 8.90. The van der Waals surface area contributed by atoms with Crippen molar-refractivity contribution < 1.29 is 17.9 Å². The second kappa shape index (κ2) is 5.59. The smallest absolute Gasteiger partial charge is 0.157 e. The molecule has 1 aliphatic carbocycles. The second-order valence-electron chi connectivity index (χ2n) is 5.41. The SMILES string of the molecule is O=S(=O)(Cc1ccccc1F)CC1(O)CCCCC1. The third-order valence-corrected chi connectivity index (χ3v) is 5.33. The summed E-state index contributed by atoms with van der Waals surface area (Å²) in [5.74, 6) is -1.13. The predicted molar refractivity (Wildman–Crippen MR) is 71.9 cm³/mol. The van der Waals surface area contributed by atoms with E-state index in [1.807, 2.05) is 0 Å². The molecule has 1 aromatic rings. The van der Waals surface area contributed by atoms with Crippen LogP contribution in [0.25, 0.3) is 0 Å². The Morgan fingerprint density at radius 3 is 2.42 bits per heavy atom. The maximum Gasteiger partial charge on any atom is 0.157 e. The molecule has 2 rings (SSSR count). The van der Waals surface area contributed by atoms with Crippen LogP contribution in [0.15, 0.2) is 24.3 Å². The molecule has 0 heterocycles.